The molecule has 0 heterocycles. The molecular formula is C19H25N. The highest BCUT2D eigenvalue weighted by Crippen LogP contribution is 2.35. The van der Waals surface area contributed by atoms with Crippen LogP contribution < -0.4 is 5.32 Å². The third kappa shape index (κ3) is 3.21. The molecule has 0 amide bonds. The second-order valence-corrected chi connectivity index (χ2v) is 7.02. The monoisotopic (exact) mass is 267 g/mol. The van der Waals surface area contributed by atoms with E-state index in [-0.39, 0.29) is 0 Å². The molecule has 1 atom stereocenters. The van der Waals surface area contributed by atoms with Crippen LogP contribution in [0.2, 0.25) is 0 Å². The van der Waals surface area contributed by atoms with Gasteiger partial charge in [-0.15, -0.1) is 0 Å². The van der Waals surface area contributed by atoms with Crippen LogP contribution in [0.15, 0.2) is 42.5 Å². The molecule has 0 saturated heterocycles. The first kappa shape index (κ1) is 13.6. The lowest BCUT2D eigenvalue weighted by Crippen LogP contribution is -2.36. The summed E-state index contributed by atoms with van der Waals surface area (Å²) in [7, 11) is 0. The van der Waals surface area contributed by atoms with Crippen LogP contribution >= 0.6 is 0 Å². The molecule has 20 heavy (non-hydrogen) atoms. The summed E-state index contributed by atoms with van der Waals surface area (Å²) < 4.78 is 0. The molecule has 1 nitrogen and oxygen atoms in total. The van der Waals surface area contributed by atoms with E-state index >= 15 is 0 Å². The van der Waals surface area contributed by atoms with Crippen LogP contribution in [0.5, 0.6) is 0 Å². The van der Waals surface area contributed by atoms with Crippen molar-refractivity contribution < 1.29 is 0 Å². The zero-order valence-electron chi connectivity index (χ0n) is 12.7. The molecule has 1 fully saturated rings. The number of hydrogen-bond acceptors (Lipinski definition) is 1. The minimum atomic E-state index is 0.513. The standard InChI is InChI=1S/C19H25N/c1-19(2)11-5-8-18(13-19)20-14-15-9-10-16-6-3-4-7-17(16)12-15/h3-4,6-7,9-10,12,18,20H,5,8,11,13-14H2,1-2H3. The molecule has 2 aromatic rings. The Morgan fingerprint density at radius 1 is 1.10 bits per heavy atom. The molecule has 1 aliphatic rings. The van der Waals surface area contributed by atoms with Gasteiger partial charge in [0.2, 0.25) is 0 Å². The number of rotatable bonds is 3. The van der Waals surface area contributed by atoms with Crippen LogP contribution in [0.3, 0.4) is 0 Å². The van der Waals surface area contributed by atoms with Crippen LogP contribution in [0.4, 0.5) is 0 Å². The summed E-state index contributed by atoms with van der Waals surface area (Å²) in [4.78, 5) is 0. The van der Waals surface area contributed by atoms with Crippen LogP contribution in [0.25, 0.3) is 10.8 Å². The van der Waals surface area contributed by atoms with Crippen molar-refractivity contribution in [1.29, 1.82) is 0 Å². The first-order valence-corrected chi connectivity index (χ1v) is 7.83. The van der Waals surface area contributed by atoms with Gasteiger partial charge in [0, 0.05) is 12.6 Å². The van der Waals surface area contributed by atoms with Gasteiger partial charge in [-0.25, -0.2) is 0 Å². The molecular weight excluding hydrogens is 242 g/mol. The molecule has 2 aromatic carbocycles. The predicted molar refractivity (Wildman–Crippen MR) is 86.8 cm³/mol. The van der Waals surface area contributed by atoms with E-state index in [4.69, 9.17) is 0 Å². The summed E-state index contributed by atoms with van der Waals surface area (Å²) in [5.74, 6) is 0. The van der Waals surface area contributed by atoms with E-state index in [1.165, 1.54) is 42.0 Å². The third-order valence-corrected chi connectivity index (χ3v) is 4.61. The molecule has 1 saturated carbocycles. The van der Waals surface area contributed by atoms with Gasteiger partial charge in [0.05, 0.1) is 0 Å². The van der Waals surface area contributed by atoms with E-state index in [2.05, 4.69) is 61.6 Å². The summed E-state index contributed by atoms with van der Waals surface area (Å²) in [5.41, 5.74) is 1.91. The first-order chi connectivity index (χ1) is 9.62. The van der Waals surface area contributed by atoms with E-state index in [1.807, 2.05) is 0 Å². The van der Waals surface area contributed by atoms with E-state index in [1.54, 1.807) is 0 Å². The zero-order valence-corrected chi connectivity index (χ0v) is 12.7. The zero-order chi connectivity index (χ0) is 14.0. The van der Waals surface area contributed by atoms with Crippen LogP contribution in [-0.2, 0) is 6.54 Å². The SMILES string of the molecule is CC1(C)CCCC(NCc2ccc3ccccc3c2)C1. The molecule has 0 aromatic heterocycles. The molecule has 0 aliphatic heterocycles. The lowest BCUT2D eigenvalue weighted by Gasteiger charge is -2.35. The molecule has 0 spiro atoms. The quantitative estimate of drug-likeness (QED) is 0.834. The van der Waals surface area contributed by atoms with Gasteiger partial charge in [0.25, 0.3) is 0 Å². The maximum Gasteiger partial charge on any atom is 0.0208 e. The van der Waals surface area contributed by atoms with Crippen LogP contribution in [0, 0.1) is 5.41 Å². The fourth-order valence-corrected chi connectivity index (χ4v) is 3.48. The molecule has 1 aliphatic carbocycles. The van der Waals surface area contributed by atoms with Gasteiger partial charge in [0.1, 0.15) is 0 Å². The lowest BCUT2D eigenvalue weighted by molar-refractivity contribution is 0.198. The molecule has 1 unspecified atom stereocenters. The summed E-state index contributed by atoms with van der Waals surface area (Å²) >= 11 is 0. The van der Waals surface area contributed by atoms with Crippen LogP contribution in [0.1, 0.15) is 45.1 Å². The van der Waals surface area contributed by atoms with Crippen molar-refractivity contribution >= 4 is 10.8 Å². The first-order valence-electron chi connectivity index (χ1n) is 7.83. The maximum atomic E-state index is 3.76. The average Bonchev–Trinajstić information content (AvgIpc) is 2.44. The molecule has 0 bridgehead atoms. The number of nitrogens with one attached hydrogen (secondary N) is 1. The number of hydrogen-bond donors (Lipinski definition) is 1. The topological polar surface area (TPSA) is 12.0 Å². The second-order valence-electron chi connectivity index (χ2n) is 7.02. The minimum absolute atomic E-state index is 0.513. The summed E-state index contributed by atoms with van der Waals surface area (Å²) in [5, 5.41) is 6.43. The maximum absolute atomic E-state index is 3.76. The highest BCUT2D eigenvalue weighted by atomic mass is 14.9. The van der Waals surface area contributed by atoms with Crippen LogP contribution in [-0.4, -0.2) is 6.04 Å². The van der Waals surface area contributed by atoms with Crippen molar-refractivity contribution in [2.45, 2.75) is 52.1 Å². The summed E-state index contributed by atoms with van der Waals surface area (Å²) in [6.07, 6.45) is 5.38. The van der Waals surface area contributed by atoms with Gasteiger partial charge >= 0.3 is 0 Å². The Balaban J connectivity index is 1.65. The lowest BCUT2D eigenvalue weighted by atomic mass is 9.75. The van der Waals surface area contributed by atoms with Gasteiger partial charge < -0.3 is 5.32 Å². The van der Waals surface area contributed by atoms with Crippen molar-refractivity contribution in [3.05, 3.63) is 48.0 Å². The van der Waals surface area contributed by atoms with E-state index < -0.39 is 0 Å². The van der Waals surface area contributed by atoms with Gasteiger partial charge in [-0.2, -0.15) is 0 Å². The third-order valence-electron chi connectivity index (χ3n) is 4.61. The molecule has 0 radical (unpaired) electrons. The normalized spacial score (nSPS) is 22.0. The Morgan fingerprint density at radius 2 is 1.90 bits per heavy atom. The highest BCUT2D eigenvalue weighted by Gasteiger charge is 2.27. The Hall–Kier alpha value is -1.34. The molecule has 106 valence electrons. The van der Waals surface area contributed by atoms with Gasteiger partial charge in [-0.05, 0) is 47.1 Å². The molecule has 1 N–H and O–H groups in total. The van der Waals surface area contributed by atoms with Crippen molar-refractivity contribution in [3.63, 3.8) is 0 Å². The number of benzene rings is 2. The number of fused-ring (bicyclic) bond motifs is 1. The molecule has 3 rings (SSSR count). The highest BCUT2D eigenvalue weighted by molar-refractivity contribution is 5.82. The van der Waals surface area contributed by atoms with E-state index in [9.17, 15) is 0 Å². The smallest absolute Gasteiger partial charge is 0.0208 e. The largest absolute Gasteiger partial charge is 0.310 e. The van der Waals surface area contributed by atoms with E-state index in [0.29, 0.717) is 11.5 Å². The fourth-order valence-electron chi connectivity index (χ4n) is 3.48. The second kappa shape index (κ2) is 5.57. The summed E-state index contributed by atoms with van der Waals surface area (Å²) in [6.45, 7) is 5.79. The Labute approximate surface area is 122 Å². The Morgan fingerprint density at radius 3 is 2.70 bits per heavy atom. The van der Waals surface area contributed by atoms with Gasteiger partial charge in [-0.3, -0.25) is 0 Å². The van der Waals surface area contributed by atoms with Crippen molar-refractivity contribution in [3.8, 4) is 0 Å². The predicted octanol–water partition coefficient (Wildman–Crippen LogP) is 4.90. The average molecular weight is 267 g/mol. The van der Waals surface area contributed by atoms with Crippen molar-refractivity contribution in [2.75, 3.05) is 0 Å². The summed E-state index contributed by atoms with van der Waals surface area (Å²) in [6, 6.07) is 16.1. The van der Waals surface area contributed by atoms with Crippen molar-refractivity contribution in [2.24, 2.45) is 5.41 Å². The molecule has 1 heteroatoms. The Kier molecular flexibility index (Phi) is 3.80. The fraction of sp³-hybridized carbons (Fsp3) is 0.474. The minimum Gasteiger partial charge on any atom is -0.310 e. The Bertz CT molecular complexity index is 585. The van der Waals surface area contributed by atoms with Gasteiger partial charge in [-0.1, -0.05) is 56.7 Å². The van der Waals surface area contributed by atoms with Gasteiger partial charge in [0.15, 0.2) is 0 Å². The van der Waals surface area contributed by atoms with E-state index in [0.717, 1.165) is 6.54 Å². The van der Waals surface area contributed by atoms with Crippen molar-refractivity contribution in [1.82, 2.24) is 5.32 Å².